The molecule has 3 rings (SSSR count). The van der Waals surface area contributed by atoms with Gasteiger partial charge in [-0.25, -0.2) is 4.79 Å². The number of nitrogens with one attached hydrogen (secondary N) is 1. The molecule has 0 fully saturated rings. The molecule has 0 unspecified atom stereocenters. The van der Waals surface area contributed by atoms with Crippen LogP contribution in [0.15, 0.2) is 48.5 Å². The fraction of sp³-hybridized carbons (Fsp3) is 0.176. The van der Waals surface area contributed by atoms with Crippen molar-refractivity contribution in [2.24, 2.45) is 0 Å². The minimum atomic E-state index is -0.905. The first-order chi connectivity index (χ1) is 11.6. The summed E-state index contributed by atoms with van der Waals surface area (Å²) in [4.78, 5) is 13.4. The molecule has 7 nitrogen and oxygen atoms in total. The molecule has 0 aliphatic carbocycles. The standard InChI is InChI=1S/C17H17N5O2/c1-22(11-14-6-2-3-8-15(14)17(23)24)10-12-5-4-7-13(9-12)16-18-20-21-19-16/h2-9H,10-11H2,1H3,(H,23,24)(H,18,19,20,21). The topological polar surface area (TPSA) is 95.0 Å². The zero-order valence-corrected chi connectivity index (χ0v) is 13.2. The zero-order chi connectivity index (χ0) is 16.9. The molecule has 0 saturated heterocycles. The van der Waals surface area contributed by atoms with Gasteiger partial charge in [0.1, 0.15) is 0 Å². The van der Waals surface area contributed by atoms with E-state index in [-0.39, 0.29) is 0 Å². The number of aromatic carboxylic acids is 1. The maximum Gasteiger partial charge on any atom is 0.336 e. The van der Waals surface area contributed by atoms with E-state index in [1.165, 1.54) is 0 Å². The second-order valence-electron chi connectivity index (χ2n) is 5.57. The number of H-pyrrole nitrogens is 1. The van der Waals surface area contributed by atoms with Crippen molar-refractivity contribution >= 4 is 5.97 Å². The Morgan fingerprint density at radius 1 is 1.17 bits per heavy atom. The van der Waals surface area contributed by atoms with Crippen molar-refractivity contribution in [1.29, 1.82) is 0 Å². The third kappa shape index (κ3) is 3.64. The normalized spacial score (nSPS) is 10.9. The molecule has 122 valence electrons. The lowest BCUT2D eigenvalue weighted by atomic mass is 10.1. The summed E-state index contributed by atoms with van der Waals surface area (Å²) in [6.45, 7) is 1.23. The molecule has 0 atom stereocenters. The Hall–Kier alpha value is -3.06. The molecular weight excluding hydrogens is 306 g/mol. The van der Waals surface area contributed by atoms with Crippen LogP contribution in [-0.4, -0.2) is 43.6 Å². The molecule has 0 aliphatic heterocycles. The number of aromatic nitrogens is 4. The van der Waals surface area contributed by atoms with Crippen LogP contribution in [0.25, 0.3) is 11.4 Å². The molecular formula is C17H17N5O2. The average molecular weight is 323 g/mol. The molecule has 0 saturated carbocycles. The number of hydrogen-bond donors (Lipinski definition) is 2. The SMILES string of the molecule is CN(Cc1cccc(-c2nn[nH]n2)c1)Cc1ccccc1C(=O)O. The number of nitrogens with zero attached hydrogens (tertiary/aromatic N) is 4. The summed E-state index contributed by atoms with van der Waals surface area (Å²) in [5, 5.41) is 23.2. The van der Waals surface area contributed by atoms with Crippen LogP contribution in [0.2, 0.25) is 0 Å². The summed E-state index contributed by atoms with van der Waals surface area (Å²) in [6, 6.07) is 15.0. The minimum absolute atomic E-state index is 0.338. The van der Waals surface area contributed by atoms with E-state index < -0.39 is 5.97 Å². The van der Waals surface area contributed by atoms with E-state index in [0.29, 0.717) is 24.5 Å². The van der Waals surface area contributed by atoms with Crippen LogP contribution in [-0.2, 0) is 13.1 Å². The Kier molecular flexibility index (Phi) is 4.62. The van der Waals surface area contributed by atoms with E-state index in [2.05, 4.69) is 25.5 Å². The molecule has 0 radical (unpaired) electrons. The van der Waals surface area contributed by atoms with Crippen molar-refractivity contribution in [3.05, 3.63) is 65.2 Å². The van der Waals surface area contributed by atoms with Gasteiger partial charge in [-0.2, -0.15) is 5.21 Å². The van der Waals surface area contributed by atoms with Crippen LogP contribution in [0.5, 0.6) is 0 Å². The molecule has 2 N–H and O–H groups in total. The maximum absolute atomic E-state index is 11.3. The van der Waals surface area contributed by atoms with Gasteiger partial charge in [-0.15, -0.1) is 10.2 Å². The fourth-order valence-corrected chi connectivity index (χ4v) is 2.62. The van der Waals surface area contributed by atoms with Gasteiger partial charge in [0, 0.05) is 18.7 Å². The molecule has 24 heavy (non-hydrogen) atoms. The van der Waals surface area contributed by atoms with Crippen molar-refractivity contribution in [3.63, 3.8) is 0 Å². The number of carboxylic acid groups (broad SMARTS) is 1. The second-order valence-corrected chi connectivity index (χ2v) is 5.57. The predicted octanol–water partition coefficient (Wildman–Crippen LogP) is 2.20. The van der Waals surface area contributed by atoms with Crippen molar-refractivity contribution in [3.8, 4) is 11.4 Å². The van der Waals surface area contributed by atoms with Gasteiger partial charge in [-0.3, -0.25) is 4.90 Å². The largest absolute Gasteiger partial charge is 0.478 e. The highest BCUT2D eigenvalue weighted by molar-refractivity contribution is 5.89. The van der Waals surface area contributed by atoms with Gasteiger partial charge in [0.05, 0.1) is 5.56 Å². The third-order valence-electron chi connectivity index (χ3n) is 3.67. The first-order valence-corrected chi connectivity index (χ1v) is 7.46. The Balaban J connectivity index is 1.73. The summed E-state index contributed by atoms with van der Waals surface area (Å²) in [6.07, 6.45) is 0. The van der Waals surface area contributed by atoms with Gasteiger partial charge in [-0.1, -0.05) is 36.4 Å². The summed E-state index contributed by atoms with van der Waals surface area (Å²) in [5.41, 5.74) is 3.11. The second kappa shape index (κ2) is 7.01. The number of aromatic amines is 1. The van der Waals surface area contributed by atoms with Crippen LogP contribution < -0.4 is 0 Å². The van der Waals surface area contributed by atoms with Gasteiger partial charge >= 0.3 is 5.97 Å². The summed E-state index contributed by atoms with van der Waals surface area (Å²) >= 11 is 0. The summed E-state index contributed by atoms with van der Waals surface area (Å²) in [5.74, 6) is -0.353. The highest BCUT2D eigenvalue weighted by atomic mass is 16.4. The van der Waals surface area contributed by atoms with E-state index in [4.69, 9.17) is 0 Å². The van der Waals surface area contributed by atoms with Gasteiger partial charge in [-0.05, 0) is 35.5 Å². The lowest BCUT2D eigenvalue weighted by Gasteiger charge is -2.18. The van der Waals surface area contributed by atoms with Crippen LogP contribution in [0.3, 0.4) is 0 Å². The molecule has 1 aromatic heterocycles. The minimum Gasteiger partial charge on any atom is -0.478 e. The monoisotopic (exact) mass is 323 g/mol. The average Bonchev–Trinajstić information content (AvgIpc) is 3.10. The molecule has 0 amide bonds. The Labute approximate surface area is 138 Å². The maximum atomic E-state index is 11.3. The lowest BCUT2D eigenvalue weighted by Crippen LogP contribution is -2.19. The molecule has 0 aliphatic rings. The van der Waals surface area contributed by atoms with E-state index in [1.54, 1.807) is 12.1 Å². The third-order valence-corrected chi connectivity index (χ3v) is 3.67. The van der Waals surface area contributed by atoms with E-state index in [0.717, 1.165) is 16.7 Å². The Morgan fingerprint density at radius 2 is 2.00 bits per heavy atom. The van der Waals surface area contributed by atoms with Crippen LogP contribution in [0.4, 0.5) is 0 Å². The van der Waals surface area contributed by atoms with Gasteiger partial charge in [0.2, 0.25) is 5.82 Å². The van der Waals surface area contributed by atoms with Crippen molar-refractivity contribution in [1.82, 2.24) is 25.5 Å². The quantitative estimate of drug-likeness (QED) is 0.722. The smallest absolute Gasteiger partial charge is 0.336 e. The zero-order valence-electron chi connectivity index (χ0n) is 13.2. The number of hydrogen-bond acceptors (Lipinski definition) is 5. The van der Waals surface area contributed by atoms with Crippen molar-refractivity contribution in [2.45, 2.75) is 13.1 Å². The molecule has 1 heterocycles. The molecule has 3 aromatic rings. The van der Waals surface area contributed by atoms with E-state index in [9.17, 15) is 9.90 Å². The highest BCUT2D eigenvalue weighted by Crippen LogP contribution is 2.17. The Morgan fingerprint density at radius 3 is 2.75 bits per heavy atom. The highest BCUT2D eigenvalue weighted by Gasteiger charge is 2.11. The first-order valence-electron chi connectivity index (χ1n) is 7.46. The lowest BCUT2D eigenvalue weighted by molar-refractivity contribution is 0.0694. The van der Waals surface area contributed by atoms with Crippen molar-refractivity contribution < 1.29 is 9.90 Å². The molecule has 0 bridgehead atoms. The van der Waals surface area contributed by atoms with Crippen molar-refractivity contribution in [2.75, 3.05) is 7.05 Å². The number of benzene rings is 2. The van der Waals surface area contributed by atoms with Crippen LogP contribution in [0.1, 0.15) is 21.5 Å². The number of rotatable bonds is 6. The van der Waals surface area contributed by atoms with Gasteiger partial charge in [0.15, 0.2) is 0 Å². The number of carbonyl (C=O) groups is 1. The number of tetrazole rings is 1. The molecule has 0 spiro atoms. The van der Waals surface area contributed by atoms with Crippen LogP contribution in [0, 0.1) is 0 Å². The van der Waals surface area contributed by atoms with E-state index in [1.807, 2.05) is 43.4 Å². The van der Waals surface area contributed by atoms with Gasteiger partial charge < -0.3 is 5.11 Å². The first kappa shape index (κ1) is 15.8. The number of carboxylic acids is 1. The predicted molar refractivity (Wildman–Crippen MR) is 88.2 cm³/mol. The fourth-order valence-electron chi connectivity index (χ4n) is 2.62. The molecule has 2 aromatic carbocycles. The van der Waals surface area contributed by atoms with Gasteiger partial charge in [0.25, 0.3) is 0 Å². The summed E-state index contributed by atoms with van der Waals surface area (Å²) in [7, 11) is 1.96. The molecule has 7 heteroatoms. The Bertz CT molecular complexity index is 833. The van der Waals surface area contributed by atoms with E-state index >= 15 is 0 Å². The summed E-state index contributed by atoms with van der Waals surface area (Å²) < 4.78 is 0. The van der Waals surface area contributed by atoms with Crippen LogP contribution >= 0.6 is 0 Å².